The minimum atomic E-state index is -0.442. The summed E-state index contributed by atoms with van der Waals surface area (Å²) in [5.74, 6) is 5.06. The van der Waals surface area contributed by atoms with Gasteiger partial charge < -0.3 is 5.11 Å². The van der Waals surface area contributed by atoms with E-state index in [0.717, 1.165) is 48.3 Å². The van der Waals surface area contributed by atoms with Crippen LogP contribution in [0.25, 0.3) is 0 Å². The molecular formula is C27H46O. The number of hydrogen-bond acceptors (Lipinski definition) is 1. The molecule has 4 rings (SSSR count). The lowest BCUT2D eigenvalue weighted by Gasteiger charge is -2.58. The Kier molecular flexibility index (Phi) is 5.44. The molecule has 1 nitrogen and oxygen atoms in total. The predicted molar refractivity (Wildman–Crippen MR) is 119 cm³/mol. The van der Waals surface area contributed by atoms with Crippen molar-refractivity contribution in [3.63, 3.8) is 0 Å². The molecule has 0 spiro atoms. The van der Waals surface area contributed by atoms with Crippen LogP contribution in [0.3, 0.4) is 0 Å². The second kappa shape index (κ2) is 7.75. The first-order chi connectivity index (χ1) is 13.7. The third kappa shape index (κ3) is 3.42. The van der Waals surface area contributed by atoms with Gasteiger partial charge in [0.2, 0.25) is 0 Å². The van der Waals surface area contributed by atoms with Gasteiger partial charge in [0.1, 0.15) is 0 Å². The summed E-state index contributed by atoms with van der Waals surface area (Å²) in [6, 6.07) is 0. The molecule has 160 valence electrons. The van der Waals surface area contributed by atoms with E-state index in [1.807, 2.05) is 0 Å². The van der Waals surface area contributed by atoms with E-state index in [9.17, 15) is 5.11 Å². The van der Waals surface area contributed by atoms with E-state index in [0.29, 0.717) is 5.41 Å². The van der Waals surface area contributed by atoms with Crippen molar-refractivity contribution in [2.45, 2.75) is 111 Å². The Balaban J connectivity index is 1.50. The maximum atomic E-state index is 10.3. The Labute approximate surface area is 176 Å². The van der Waals surface area contributed by atoms with E-state index in [1.165, 1.54) is 56.9 Å². The Morgan fingerprint density at radius 3 is 2.64 bits per heavy atom. The molecule has 3 fully saturated rings. The lowest BCUT2D eigenvalue weighted by molar-refractivity contribution is -0.0573. The third-order valence-corrected chi connectivity index (χ3v) is 10.1. The largest absolute Gasteiger partial charge is 0.393 e. The second-order valence-corrected chi connectivity index (χ2v) is 12.0. The number of aliphatic hydroxyl groups is 1. The zero-order chi connectivity index (χ0) is 21.0. The van der Waals surface area contributed by atoms with Gasteiger partial charge in [-0.2, -0.15) is 0 Å². The van der Waals surface area contributed by atoms with Crippen molar-refractivity contribution < 1.29 is 6.48 Å². The molecule has 3 saturated carbocycles. The molecular weight excluding hydrogens is 340 g/mol. The molecule has 4 aliphatic rings. The van der Waals surface area contributed by atoms with Gasteiger partial charge in [-0.25, -0.2) is 0 Å². The second-order valence-electron chi connectivity index (χ2n) is 12.0. The van der Waals surface area contributed by atoms with Crippen LogP contribution in [0.2, 0.25) is 0 Å². The van der Waals surface area contributed by atoms with Crippen molar-refractivity contribution in [2.75, 3.05) is 0 Å². The molecule has 28 heavy (non-hydrogen) atoms. The van der Waals surface area contributed by atoms with Gasteiger partial charge in [-0.1, -0.05) is 65.5 Å². The van der Waals surface area contributed by atoms with E-state index in [-0.39, 0.29) is 11.8 Å². The van der Waals surface area contributed by atoms with Gasteiger partial charge in [-0.05, 0) is 97.7 Å². The summed E-state index contributed by atoms with van der Waals surface area (Å²) in [7, 11) is 0. The van der Waals surface area contributed by atoms with Crippen molar-refractivity contribution in [1.29, 1.82) is 0 Å². The summed E-state index contributed by atoms with van der Waals surface area (Å²) in [6.07, 6.45) is 14.5. The summed E-state index contributed by atoms with van der Waals surface area (Å²) < 4.78 is 8.42. The van der Waals surface area contributed by atoms with Gasteiger partial charge >= 0.3 is 0 Å². The fourth-order valence-electron chi connectivity index (χ4n) is 8.47. The normalized spacial score (nSPS) is 49.7. The van der Waals surface area contributed by atoms with E-state index in [1.54, 1.807) is 0 Å². The molecule has 0 aliphatic heterocycles. The van der Waals surface area contributed by atoms with Crippen LogP contribution in [0.5, 0.6) is 0 Å². The van der Waals surface area contributed by atoms with Crippen LogP contribution < -0.4 is 0 Å². The molecule has 0 aromatic heterocycles. The molecule has 0 heterocycles. The zero-order valence-electron chi connectivity index (χ0n) is 20.2. The molecule has 0 aromatic rings. The lowest BCUT2D eigenvalue weighted by Crippen LogP contribution is -2.50. The number of aliphatic hydroxyl groups excluding tert-OH is 1. The summed E-state index contributed by atoms with van der Waals surface area (Å²) >= 11 is 0. The van der Waals surface area contributed by atoms with Crippen molar-refractivity contribution in [2.24, 2.45) is 46.3 Å². The topological polar surface area (TPSA) is 20.2 Å². The van der Waals surface area contributed by atoms with Crippen molar-refractivity contribution >= 4 is 0 Å². The molecule has 0 amide bonds. The number of fused-ring (bicyclic) bond motifs is 5. The van der Waals surface area contributed by atoms with E-state index in [4.69, 9.17) is 1.37 Å². The summed E-state index contributed by atoms with van der Waals surface area (Å²) in [6.45, 7) is 12.4. The highest BCUT2D eigenvalue weighted by molar-refractivity contribution is 5.25. The van der Waals surface area contributed by atoms with Crippen LogP contribution in [0.1, 0.15) is 107 Å². The molecule has 1 N–H and O–H groups in total. The van der Waals surface area contributed by atoms with Crippen LogP contribution in [0.4, 0.5) is 0 Å². The predicted octanol–water partition coefficient (Wildman–Crippen LogP) is 7.39. The summed E-state index contributed by atoms with van der Waals surface area (Å²) in [4.78, 5) is 0. The van der Waals surface area contributed by atoms with Crippen LogP contribution in [-0.2, 0) is 0 Å². The summed E-state index contributed by atoms with van der Waals surface area (Å²) in [5.41, 5.74) is 2.21. The molecule has 9 atom stereocenters. The maximum absolute atomic E-state index is 10.3. The Bertz CT molecular complexity index is 626. The Hall–Kier alpha value is -0.300. The molecule has 4 aliphatic carbocycles. The monoisotopic (exact) mass is 387 g/mol. The molecule has 0 bridgehead atoms. The highest BCUT2D eigenvalue weighted by Crippen LogP contribution is 2.67. The van der Waals surface area contributed by atoms with Crippen LogP contribution in [0, 0.1) is 46.3 Å². The fourth-order valence-corrected chi connectivity index (χ4v) is 8.47. The Morgan fingerprint density at radius 2 is 1.89 bits per heavy atom. The molecule has 0 unspecified atom stereocenters. The van der Waals surface area contributed by atoms with E-state index in [2.05, 4.69) is 40.7 Å². The third-order valence-electron chi connectivity index (χ3n) is 10.1. The van der Waals surface area contributed by atoms with Gasteiger partial charge in [-0.3, -0.25) is 0 Å². The fraction of sp³-hybridized carbons (Fsp3) is 0.926. The quantitative estimate of drug-likeness (QED) is 0.488. The van der Waals surface area contributed by atoms with Gasteiger partial charge in [0.05, 0.1) is 6.10 Å². The van der Waals surface area contributed by atoms with Crippen LogP contribution in [-0.4, -0.2) is 11.2 Å². The Morgan fingerprint density at radius 1 is 1.11 bits per heavy atom. The first-order valence-corrected chi connectivity index (χ1v) is 12.5. The highest BCUT2D eigenvalue weighted by Gasteiger charge is 2.59. The average Bonchev–Trinajstić information content (AvgIpc) is 3.00. The molecule has 0 aromatic carbocycles. The van der Waals surface area contributed by atoms with Crippen molar-refractivity contribution in [3.05, 3.63) is 11.6 Å². The summed E-state index contributed by atoms with van der Waals surface area (Å²) in [5, 5.41) is 10.3. The standard InChI is InChI=1S/C27H46O/c1-18(2)7-6-8-19(3)23-11-12-24-22-10-9-20-17-21(28)13-15-26(20,4)25(22)14-16-27(23,24)5/h9,18-19,21-25,28H,6-8,10-17H2,1-5H3/t19-,21+,22+,23-,24+,25+,26+,27-/m1/s1/i13D/t13-,19-,21+,22+,23-,24+,25+,26+,27-. The first kappa shape index (κ1) is 19.7. The zero-order valence-corrected chi connectivity index (χ0v) is 19.2. The van der Waals surface area contributed by atoms with Crippen LogP contribution >= 0.6 is 0 Å². The minimum absolute atomic E-state index is 0.177. The smallest absolute Gasteiger partial charge is 0.0577 e. The first-order valence-electron chi connectivity index (χ1n) is 13.0. The number of rotatable bonds is 5. The average molecular weight is 388 g/mol. The number of allylic oxidation sites excluding steroid dienone is 1. The SMILES string of the molecule is [2H][C@@H]1C[C@@]2(C)C(=CC[C@H]3[C@@H]4CC[C@H]([C@H](C)CCCC(C)C)[C@@]4(C)CC[C@@H]32)C[C@H]1O. The van der Waals surface area contributed by atoms with E-state index < -0.39 is 6.10 Å². The van der Waals surface area contributed by atoms with Crippen molar-refractivity contribution in [3.8, 4) is 0 Å². The van der Waals surface area contributed by atoms with Gasteiger partial charge in [0.25, 0.3) is 0 Å². The molecule has 0 radical (unpaired) electrons. The molecule has 0 saturated heterocycles. The minimum Gasteiger partial charge on any atom is -0.393 e. The lowest BCUT2D eigenvalue weighted by atomic mass is 9.47. The van der Waals surface area contributed by atoms with Gasteiger partial charge in [-0.15, -0.1) is 0 Å². The van der Waals surface area contributed by atoms with Gasteiger partial charge in [0.15, 0.2) is 0 Å². The van der Waals surface area contributed by atoms with Crippen molar-refractivity contribution in [1.82, 2.24) is 0 Å². The maximum Gasteiger partial charge on any atom is 0.0577 e. The van der Waals surface area contributed by atoms with E-state index >= 15 is 0 Å². The van der Waals surface area contributed by atoms with Crippen LogP contribution in [0.15, 0.2) is 11.6 Å². The molecule has 1 heteroatoms. The number of hydrogen-bond donors (Lipinski definition) is 1. The van der Waals surface area contributed by atoms with Gasteiger partial charge in [0, 0.05) is 1.37 Å². The highest BCUT2D eigenvalue weighted by atomic mass is 16.3.